The van der Waals surface area contributed by atoms with E-state index >= 15 is 0 Å². The first-order chi connectivity index (χ1) is 15.5. The summed E-state index contributed by atoms with van der Waals surface area (Å²) in [5.41, 5.74) is 1.68. The van der Waals surface area contributed by atoms with Gasteiger partial charge in [-0.2, -0.15) is 0 Å². The van der Waals surface area contributed by atoms with Crippen LogP contribution in [0.1, 0.15) is 12.0 Å². The quantitative estimate of drug-likeness (QED) is 0.507. The summed E-state index contributed by atoms with van der Waals surface area (Å²) >= 11 is 1.35. The van der Waals surface area contributed by atoms with Gasteiger partial charge in [-0.3, -0.25) is 14.5 Å². The largest absolute Gasteiger partial charge is 0.493 e. The lowest BCUT2D eigenvalue weighted by Gasteiger charge is -2.14. The predicted octanol–water partition coefficient (Wildman–Crippen LogP) is 2.81. The van der Waals surface area contributed by atoms with E-state index in [4.69, 9.17) is 9.47 Å². The van der Waals surface area contributed by atoms with E-state index < -0.39 is 18.0 Å². The molecule has 1 atom stereocenters. The van der Waals surface area contributed by atoms with Crippen LogP contribution in [-0.2, 0) is 16.0 Å². The van der Waals surface area contributed by atoms with Crippen LogP contribution in [0, 0.1) is 0 Å². The van der Waals surface area contributed by atoms with Crippen LogP contribution in [0.2, 0.25) is 0 Å². The van der Waals surface area contributed by atoms with Crippen LogP contribution in [0.3, 0.4) is 0 Å². The molecule has 166 valence electrons. The highest BCUT2D eigenvalue weighted by molar-refractivity contribution is 7.22. The molecule has 0 bridgehead atoms. The number of nitrogens with one attached hydrogen (secondary N) is 2. The number of aromatic nitrogens is 1. The number of hydrogen-bond acceptors (Lipinski definition) is 7. The Hall–Kier alpha value is -3.66. The summed E-state index contributed by atoms with van der Waals surface area (Å²) in [6, 6.07) is 11.6. The number of benzene rings is 2. The smallest absolute Gasteiger partial charge is 0.324 e. The summed E-state index contributed by atoms with van der Waals surface area (Å²) in [4.78, 5) is 42.9. The van der Waals surface area contributed by atoms with Crippen LogP contribution in [0.5, 0.6) is 11.5 Å². The maximum absolute atomic E-state index is 12.7. The molecule has 2 heterocycles. The number of anilines is 1. The Morgan fingerprint density at radius 1 is 1.16 bits per heavy atom. The van der Waals surface area contributed by atoms with Gasteiger partial charge >= 0.3 is 6.03 Å². The topological polar surface area (TPSA) is 110 Å². The zero-order chi connectivity index (χ0) is 22.7. The number of carbonyl (C=O) groups is 3. The Labute approximate surface area is 188 Å². The molecule has 1 aliphatic heterocycles. The molecule has 1 aromatic heterocycles. The van der Waals surface area contributed by atoms with Crippen molar-refractivity contribution in [2.24, 2.45) is 0 Å². The van der Waals surface area contributed by atoms with Crippen molar-refractivity contribution in [2.45, 2.75) is 18.9 Å². The van der Waals surface area contributed by atoms with Crippen molar-refractivity contribution in [1.82, 2.24) is 15.2 Å². The number of methoxy groups -OCH3 is 2. The number of para-hydroxylation sites is 1. The summed E-state index contributed by atoms with van der Waals surface area (Å²) in [5.74, 6) is 0.372. The van der Waals surface area contributed by atoms with Crippen molar-refractivity contribution in [3.05, 3.63) is 48.0 Å². The molecule has 0 saturated carbocycles. The molecule has 1 aliphatic rings. The molecule has 9 nitrogen and oxygen atoms in total. The van der Waals surface area contributed by atoms with Gasteiger partial charge in [0.1, 0.15) is 6.04 Å². The number of rotatable bonds is 8. The fraction of sp³-hybridized carbons (Fsp3) is 0.273. The van der Waals surface area contributed by atoms with E-state index in [0.29, 0.717) is 23.1 Å². The summed E-state index contributed by atoms with van der Waals surface area (Å²) in [6.45, 7) is 0.191. The van der Waals surface area contributed by atoms with Crippen molar-refractivity contribution in [3.8, 4) is 11.5 Å². The zero-order valence-corrected chi connectivity index (χ0v) is 18.4. The van der Waals surface area contributed by atoms with E-state index in [1.165, 1.54) is 11.3 Å². The summed E-state index contributed by atoms with van der Waals surface area (Å²) in [5, 5.41) is 5.76. The molecule has 32 heavy (non-hydrogen) atoms. The van der Waals surface area contributed by atoms with Crippen molar-refractivity contribution in [3.63, 3.8) is 0 Å². The van der Waals surface area contributed by atoms with E-state index in [9.17, 15) is 14.4 Å². The van der Waals surface area contributed by atoms with Gasteiger partial charge in [-0.25, -0.2) is 9.78 Å². The molecular weight excluding hydrogens is 432 g/mol. The lowest BCUT2D eigenvalue weighted by Crippen LogP contribution is -2.34. The highest BCUT2D eigenvalue weighted by Gasteiger charge is 2.38. The normalized spacial score (nSPS) is 15.7. The second-order valence-electron chi connectivity index (χ2n) is 7.17. The SMILES string of the molecule is COc1ccc(CCN2C(=O)N[C@H](CC(=O)Nc3nc4ccccc4s3)C2=O)cc1OC. The molecule has 0 radical (unpaired) electrons. The van der Waals surface area contributed by atoms with Crippen LogP contribution < -0.4 is 20.1 Å². The van der Waals surface area contributed by atoms with Crippen molar-refractivity contribution < 1.29 is 23.9 Å². The number of urea groups is 1. The molecule has 0 spiro atoms. The lowest BCUT2D eigenvalue weighted by atomic mass is 10.1. The van der Waals surface area contributed by atoms with E-state index in [1.807, 2.05) is 30.3 Å². The monoisotopic (exact) mass is 454 g/mol. The number of fused-ring (bicyclic) bond motifs is 1. The van der Waals surface area contributed by atoms with E-state index in [0.717, 1.165) is 20.7 Å². The number of hydrogen-bond donors (Lipinski definition) is 2. The fourth-order valence-corrected chi connectivity index (χ4v) is 4.37. The van der Waals surface area contributed by atoms with Gasteiger partial charge in [0.25, 0.3) is 5.91 Å². The Morgan fingerprint density at radius 2 is 1.94 bits per heavy atom. The molecule has 1 fully saturated rings. The molecule has 10 heteroatoms. The fourth-order valence-electron chi connectivity index (χ4n) is 3.49. The van der Waals surface area contributed by atoms with Crippen LogP contribution >= 0.6 is 11.3 Å². The van der Waals surface area contributed by atoms with Gasteiger partial charge in [0.05, 0.1) is 30.9 Å². The molecule has 0 unspecified atom stereocenters. The summed E-state index contributed by atoms with van der Waals surface area (Å²) in [7, 11) is 3.10. The molecule has 0 aliphatic carbocycles. The van der Waals surface area contributed by atoms with Gasteiger partial charge in [-0.05, 0) is 36.2 Å². The van der Waals surface area contributed by atoms with Crippen LogP contribution in [0.25, 0.3) is 10.2 Å². The molecule has 4 amide bonds. The van der Waals surface area contributed by atoms with Crippen LogP contribution in [0.15, 0.2) is 42.5 Å². The van der Waals surface area contributed by atoms with Crippen molar-refractivity contribution >= 4 is 44.5 Å². The first kappa shape index (κ1) is 21.6. The average Bonchev–Trinajstić information content (AvgIpc) is 3.31. The minimum Gasteiger partial charge on any atom is -0.493 e. The lowest BCUT2D eigenvalue weighted by molar-refractivity contribution is -0.129. The standard InChI is InChI=1S/C22H22N4O5S/c1-30-16-8-7-13(11-17(16)31-2)9-10-26-20(28)15(24-22(26)29)12-19(27)25-21-23-14-5-3-4-6-18(14)32-21/h3-8,11,15H,9-10,12H2,1-2H3,(H,24,29)(H,23,25,27)/t15-/m1/s1. The average molecular weight is 455 g/mol. The van der Waals surface area contributed by atoms with E-state index in [1.54, 1.807) is 26.4 Å². The number of carbonyl (C=O) groups excluding carboxylic acids is 3. The first-order valence-corrected chi connectivity index (χ1v) is 10.8. The molecule has 4 rings (SSSR count). The molecule has 1 saturated heterocycles. The zero-order valence-electron chi connectivity index (χ0n) is 17.6. The minimum absolute atomic E-state index is 0.159. The van der Waals surface area contributed by atoms with Gasteiger partial charge in [0, 0.05) is 6.54 Å². The Morgan fingerprint density at radius 3 is 2.69 bits per heavy atom. The van der Waals surface area contributed by atoms with E-state index in [2.05, 4.69) is 15.6 Å². The van der Waals surface area contributed by atoms with Gasteiger partial charge in [0.2, 0.25) is 5.91 Å². The van der Waals surface area contributed by atoms with Gasteiger partial charge in [-0.1, -0.05) is 29.5 Å². The molecule has 2 aromatic carbocycles. The van der Waals surface area contributed by atoms with Crippen molar-refractivity contribution in [1.29, 1.82) is 0 Å². The number of nitrogens with zero attached hydrogens (tertiary/aromatic N) is 2. The van der Waals surface area contributed by atoms with Crippen LogP contribution in [0.4, 0.5) is 9.93 Å². The molecule has 3 aromatic rings. The third-order valence-electron chi connectivity index (χ3n) is 5.11. The number of amides is 4. The maximum atomic E-state index is 12.7. The number of imide groups is 1. The van der Waals surface area contributed by atoms with Gasteiger partial charge in [0.15, 0.2) is 16.6 Å². The highest BCUT2D eigenvalue weighted by Crippen LogP contribution is 2.28. The third kappa shape index (κ3) is 4.50. The Bertz CT molecular complexity index is 1150. The number of thiazole rings is 1. The summed E-state index contributed by atoms with van der Waals surface area (Å²) in [6.07, 6.45) is 0.289. The van der Waals surface area contributed by atoms with Crippen LogP contribution in [-0.4, -0.2) is 54.5 Å². The first-order valence-electron chi connectivity index (χ1n) is 9.96. The minimum atomic E-state index is -0.901. The van der Waals surface area contributed by atoms with Gasteiger partial charge in [-0.15, -0.1) is 0 Å². The Balaban J connectivity index is 1.34. The molecular formula is C22H22N4O5S. The summed E-state index contributed by atoms with van der Waals surface area (Å²) < 4.78 is 11.5. The molecule has 2 N–H and O–H groups in total. The number of ether oxygens (including phenoxy) is 2. The second-order valence-corrected chi connectivity index (χ2v) is 8.20. The van der Waals surface area contributed by atoms with Crippen molar-refractivity contribution in [2.75, 3.05) is 26.1 Å². The predicted molar refractivity (Wildman–Crippen MR) is 120 cm³/mol. The second kappa shape index (κ2) is 9.23. The highest BCUT2D eigenvalue weighted by atomic mass is 32.1. The Kier molecular flexibility index (Phi) is 6.22. The third-order valence-corrected chi connectivity index (χ3v) is 6.06. The van der Waals surface area contributed by atoms with E-state index in [-0.39, 0.29) is 18.9 Å². The maximum Gasteiger partial charge on any atom is 0.324 e. The van der Waals surface area contributed by atoms with Gasteiger partial charge < -0.3 is 20.1 Å².